The van der Waals surface area contributed by atoms with Crippen molar-refractivity contribution in [3.63, 3.8) is 0 Å². The van der Waals surface area contributed by atoms with Gasteiger partial charge in [0.1, 0.15) is 0 Å². The maximum Gasteiger partial charge on any atom is 0.271 e. The Labute approximate surface area is 159 Å². The van der Waals surface area contributed by atoms with E-state index >= 15 is 0 Å². The largest absolute Gasteiger partial charge is 0.493 e. The second kappa shape index (κ2) is 9.25. The Bertz CT molecular complexity index is 788. The summed E-state index contributed by atoms with van der Waals surface area (Å²) in [6.07, 6.45) is 2.39. The maximum atomic E-state index is 12.0. The summed E-state index contributed by atoms with van der Waals surface area (Å²) in [7, 11) is 1.55. The molecule has 0 spiro atoms. The molecule has 0 heterocycles. The molecule has 6 heteroatoms. The Hall–Kier alpha value is -2.53. The molecule has 1 atom stereocenters. The minimum Gasteiger partial charge on any atom is -0.493 e. The number of hydrazone groups is 1. The molecule has 0 radical (unpaired) electrons. The van der Waals surface area contributed by atoms with Crippen LogP contribution in [0.1, 0.15) is 41.8 Å². The molecule has 5 nitrogen and oxygen atoms in total. The van der Waals surface area contributed by atoms with Crippen molar-refractivity contribution in [3.05, 3.63) is 58.1 Å². The van der Waals surface area contributed by atoms with Crippen molar-refractivity contribution >= 4 is 23.7 Å². The summed E-state index contributed by atoms with van der Waals surface area (Å²) in [6.45, 7) is 5.96. The van der Waals surface area contributed by atoms with E-state index in [4.69, 9.17) is 21.1 Å². The first-order valence-corrected chi connectivity index (χ1v) is 8.76. The zero-order chi connectivity index (χ0) is 19.1. The van der Waals surface area contributed by atoms with Crippen LogP contribution in [0.15, 0.2) is 41.5 Å². The van der Waals surface area contributed by atoms with E-state index < -0.39 is 0 Å². The lowest BCUT2D eigenvalue weighted by atomic mass is 10.1. The monoisotopic (exact) mass is 374 g/mol. The van der Waals surface area contributed by atoms with Crippen molar-refractivity contribution in [2.75, 3.05) is 7.11 Å². The maximum absolute atomic E-state index is 12.0. The summed E-state index contributed by atoms with van der Waals surface area (Å²) in [5.74, 6) is 0.740. The summed E-state index contributed by atoms with van der Waals surface area (Å²) >= 11 is 6.31. The number of ether oxygens (including phenoxy) is 2. The van der Waals surface area contributed by atoms with Gasteiger partial charge >= 0.3 is 0 Å². The molecule has 2 aromatic carbocycles. The number of halogens is 1. The second-order valence-electron chi connectivity index (χ2n) is 5.94. The van der Waals surface area contributed by atoms with Gasteiger partial charge in [-0.15, -0.1) is 0 Å². The van der Waals surface area contributed by atoms with Gasteiger partial charge < -0.3 is 9.47 Å². The standard InChI is InChI=1S/C20H23ClN2O3/c1-5-14(3)26-19-17(21)10-15(11-18(19)25-4)12-22-23-20(24)16-8-6-13(2)7-9-16/h6-12,14H,5H2,1-4H3,(H,23,24). The van der Waals surface area contributed by atoms with Crippen molar-refractivity contribution in [2.24, 2.45) is 5.10 Å². The van der Waals surface area contributed by atoms with Crippen molar-refractivity contribution in [3.8, 4) is 11.5 Å². The summed E-state index contributed by atoms with van der Waals surface area (Å²) < 4.78 is 11.2. The van der Waals surface area contributed by atoms with E-state index in [1.165, 1.54) is 6.21 Å². The summed E-state index contributed by atoms with van der Waals surface area (Å²) in [5.41, 5.74) is 4.81. The number of benzene rings is 2. The molecule has 0 fully saturated rings. The van der Waals surface area contributed by atoms with E-state index in [-0.39, 0.29) is 12.0 Å². The fraction of sp³-hybridized carbons (Fsp3) is 0.300. The normalized spacial score (nSPS) is 12.0. The highest BCUT2D eigenvalue weighted by atomic mass is 35.5. The number of amides is 1. The molecule has 2 rings (SSSR count). The van der Waals surface area contributed by atoms with Crippen LogP contribution in [0.5, 0.6) is 11.5 Å². The molecule has 0 saturated heterocycles. The molecule has 26 heavy (non-hydrogen) atoms. The van der Waals surface area contributed by atoms with Crippen LogP contribution in [-0.4, -0.2) is 25.3 Å². The fourth-order valence-corrected chi connectivity index (χ4v) is 2.41. The number of nitrogens with one attached hydrogen (secondary N) is 1. The Morgan fingerprint density at radius 3 is 2.62 bits per heavy atom. The van der Waals surface area contributed by atoms with Crippen LogP contribution >= 0.6 is 11.6 Å². The lowest BCUT2D eigenvalue weighted by molar-refractivity contribution is 0.0955. The van der Waals surface area contributed by atoms with E-state index in [9.17, 15) is 4.79 Å². The smallest absolute Gasteiger partial charge is 0.271 e. The lowest BCUT2D eigenvalue weighted by Gasteiger charge is -2.17. The van der Waals surface area contributed by atoms with Crippen LogP contribution in [-0.2, 0) is 0 Å². The Morgan fingerprint density at radius 2 is 2.00 bits per heavy atom. The van der Waals surface area contributed by atoms with Crippen LogP contribution in [0.2, 0.25) is 5.02 Å². The number of carbonyl (C=O) groups is 1. The SMILES string of the molecule is CCC(C)Oc1c(Cl)cc(C=NNC(=O)c2ccc(C)cc2)cc1OC. The topological polar surface area (TPSA) is 59.9 Å². The number of rotatable bonds is 7. The van der Waals surface area contributed by atoms with Gasteiger partial charge in [-0.05, 0) is 50.1 Å². The highest BCUT2D eigenvalue weighted by Gasteiger charge is 2.14. The molecule has 138 valence electrons. The van der Waals surface area contributed by atoms with Crippen LogP contribution in [0, 0.1) is 6.92 Å². The number of nitrogens with zero attached hydrogens (tertiary/aromatic N) is 1. The van der Waals surface area contributed by atoms with Crippen LogP contribution in [0.4, 0.5) is 0 Å². The van der Waals surface area contributed by atoms with E-state index in [0.717, 1.165) is 12.0 Å². The highest BCUT2D eigenvalue weighted by Crippen LogP contribution is 2.37. The molecular formula is C20H23ClN2O3. The number of hydrogen-bond acceptors (Lipinski definition) is 4. The molecule has 1 unspecified atom stereocenters. The number of carbonyl (C=O) groups excluding carboxylic acids is 1. The molecule has 1 N–H and O–H groups in total. The molecule has 0 aliphatic carbocycles. The predicted molar refractivity (Wildman–Crippen MR) is 105 cm³/mol. The van der Waals surface area contributed by atoms with Crippen LogP contribution in [0.3, 0.4) is 0 Å². The minimum atomic E-state index is -0.281. The van der Waals surface area contributed by atoms with Gasteiger partial charge in [0.2, 0.25) is 0 Å². The zero-order valence-corrected chi connectivity index (χ0v) is 16.1. The van der Waals surface area contributed by atoms with Crippen LogP contribution < -0.4 is 14.9 Å². The van der Waals surface area contributed by atoms with Gasteiger partial charge in [-0.25, -0.2) is 5.43 Å². The Kier molecular flexibility index (Phi) is 7.04. The average molecular weight is 375 g/mol. The van der Waals surface area contributed by atoms with Gasteiger partial charge in [0.25, 0.3) is 5.91 Å². The van der Waals surface area contributed by atoms with E-state index in [1.54, 1.807) is 31.4 Å². The molecular weight excluding hydrogens is 352 g/mol. The van der Waals surface area contributed by atoms with Crippen LogP contribution in [0.25, 0.3) is 0 Å². The lowest BCUT2D eigenvalue weighted by Crippen LogP contribution is -2.17. The quantitative estimate of drug-likeness (QED) is 0.569. The van der Waals surface area contributed by atoms with Crippen molar-refractivity contribution < 1.29 is 14.3 Å². The summed E-state index contributed by atoms with van der Waals surface area (Å²) in [6, 6.07) is 10.7. The van der Waals surface area contributed by atoms with E-state index in [1.807, 2.05) is 32.9 Å². The van der Waals surface area contributed by atoms with Gasteiger partial charge in [0.05, 0.1) is 24.5 Å². The summed E-state index contributed by atoms with van der Waals surface area (Å²) in [5, 5.41) is 4.41. The third kappa shape index (κ3) is 5.23. The summed E-state index contributed by atoms with van der Waals surface area (Å²) in [4.78, 5) is 12.0. The molecule has 0 saturated carbocycles. The molecule has 0 bridgehead atoms. The highest BCUT2D eigenvalue weighted by molar-refractivity contribution is 6.32. The van der Waals surface area contributed by atoms with Gasteiger partial charge in [0.15, 0.2) is 11.5 Å². The second-order valence-corrected chi connectivity index (χ2v) is 6.34. The minimum absolute atomic E-state index is 0.0229. The molecule has 0 aliphatic heterocycles. The Morgan fingerprint density at radius 1 is 1.31 bits per heavy atom. The van der Waals surface area contributed by atoms with Crippen molar-refractivity contribution in [2.45, 2.75) is 33.3 Å². The van der Waals surface area contributed by atoms with Crippen molar-refractivity contribution in [1.82, 2.24) is 5.43 Å². The fourth-order valence-electron chi connectivity index (χ4n) is 2.15. The van der Waals surface area contributed by atoms with Gasteiger partial charge in [0, 0.05) is 5.56 Å². The first-order valence-electron chi connectivity index (χ1n) is 8.38. The first kappa shape index (κ1) is 19.8. The molecule has 1 amide bonds. The third-order valence-electron chi connectivity index (χ3n) is 3.84. The third-order valence-corrected chi connectivity index (χ3v) is 4.12. The van der Waals surface area contributed by atoms with Gasteiger partial charge in [-0.1, -0.05) is 36.2 Å². The average Bonchev–Trinajstić information content (AvgIpc) is 2.63. The van der Waals surface area contributed by atoms with E-state index in [0.29, 0.717) is 27.6 Å². The van der Waals surface area contributed by atoms with E-state index in [2.05, 4.69) is 10.5 Å². The number of hydrogen-bond donors (Lipinski definition) is 1. The Balaban J connectivity index is 2.11. The predicted octanol–water partition coefficient (Wildman–Crippen LogP) is 4.60. The first-order chi connectivity index (χ1) is 12.4. The van der Waals surface area contributed by atoms with Crippen molar-refractivity contribution in [1.29, 1.82) is 0 Å². The van der Waals surface area contributed by atoms with Gasteiger partial charge in [-0.2, -0.15) is 5.10 Å². The molecule has 2 aromatic rings. The van der Waals surface area contributed by atoms with Gasteiger partial charge in [-0.3, -0.25) is 4.79 Å². The number of aryl methyl sites for hydroxylation is 1. The number of methoxy groups -OCH3 is 1. The zero-order valence-electron chi connectivity index (χ0n) is 15.4. The molecule has 0 aliphatic rings. The molecule has 0 aromatic heterocycles.